The predicted octanol–water partition coefficient (Wildman–Crippen LogP) is 2.50. The number of aryl methyl sites for hydroxylation is 1. The summed E-state index contributed by atoms with van der Waals surface area (Å²) in [4.78, 5) is 0. The molecule has 0 aliphatic carbocycles. The van der Waals surface area contributed by atoms with Crippen LogP contribution in [0.2, 0.25) is 0 Å². The second-order valence-corrected chi connectivity index (χ2v) is 3.25. The standard InChI is InChI=1S/C8H10BrNO/c1-5-3-6(9)8(11)7(4-5)10-2/h3-4,10-11H,1-2H3. The number of rotatable bonds is 1. The van der Waals surface area contributed by atoms with Crippen molar-refractivity contribution in [3.8, 4) is 5.75 Å². The number of halogens is 1. The third-order valence-electron chi connectivity index (χ3n) is 1.48. The SMILES string of the molecule is CNc1cc(C)cc(Br)c1O. The summed E-state index contributed by atoms with van der Waals surface area (Å²) in [6.45, 7) is 1.98. The third kappa shape index (κ3) is 1.66. The number of hydrogen-bond acceptors (Lipinski definition) is 2. The first-order chi connectivity index (χ1) is 5.15. The first-order valence-electron chi connectivity index (χ1n) is 3.32. The van der Waals surface area contributed by atoms with Crippen LogP contribution in [0.1, 0.15) is 5.56 Å². The van der Waals surface area contributed by atoms with Crippen molar-refractivity contribution in [3.63, 3.8) is 0 Å². The Bertz CT molecular complexity index is 273. The summed E-state index contributed by atoms with van der Waals surface area (Å²) >= 11 is 3.25. The number of nitrogens with one attached hydrogen (secondary N) is 1. The van der Waals surface area contributed by atoms with Crippen LogP contribution in [-0.2, 0) is 0 Å². The third-order valence-corrected chi connectivity index (χ3v) is 2.08. The maximum Gasteiger partial charge on any atom is 0.152 e. The van der Waals surface area contributed by atoms with Gasteiger partial charge in [-0.05, 0) is 40.5 Å². The number of phenols is 1. The Hall–Kier alpha value is -0.700. The van der Waals surface area contributed by atoms with Crippen LogP contribution in [0, 0.1) is 6.92 Å². The van der Waals surface area contributed by atoms with E-state index in [1.54, 1.807) is 7.05 Å². The smallest absolute Gasteiger partial charge is 0.152 e. The zero-order valence-corrected chi connectivity index (χ0v) is 8.07. The number of benzene rings is 1. The van der Waals surface area contributed by atoms with Crippen molar-refractivity contribution in [3.05, 3.63) is 22.2 Å². The number of anilines is 1. The van der Waals surface area contributed by atoms with Crippen LogP contribution in [0.15, 0.2) is 16.6 Å². The highest BCUT2D eigenvalue weighted by molar-refractivity contribution is 9.10. The fourth-order valence-corrected chi connectivity index (χ4v) is 1.50. The number of phenolic OH excluding ortho intramolecular Hbond substituents is 1. The molecule has 1 aromatic rings. The van der Waals surface area contributed by atoms with E-state index in [0.29, 0.717) is 0 Å². The van der Waals surface area contributed by atoms with Crippen LogP contribution in [0.3, 0.4) is 0 Å². The Morgan fingerprint density at radius 2 is 2.09 bits per heavy atom. The van der Waals surface area contributed by atoms with E-state index in [1.807, 2.05) is 19.1 Å². The van der Waals surface area contributed by atoms with E-state index in [0.717, 1.165) is 15.7 Å². The van der Waals surface area contributed by atoms with Crippen molar-refractivity contribution >= 4 is 21.6 Å². The van der Waals surface area contributed by atoms with Crippen molar-refractivity contribution < 1.29 is 5.11 Å². The highest BCUT2D eigenvalue weighted by Crippen LogP contribution is 2.32. The van der Waals surface area contributed by atoms with Gasteiger partial charge in [0.2, 0.25) is 0 Å². The first kappa shape index (κ1) is 8.40. The molecule has 0 unspecified atom stereocenters. The van der Waals surface area contributed by atoms with Gasteiger partial charge in [0.05, 0.1) is 10.2 Å². The van der Waals surface area contributed by atoms with Crippen LogP contribution in [0.4, 0.5) is 5.69 Å². The molecule has 0 saturated carbocycles. The molecule has 11 heavy (non-hydrogen) atoms. The highest BCUT2D eigenvalue weighted by atomic mass is 79.9. The fourth-order valence-electron chi connectivity index (χ4n) is 0.925. The molecule has 0 fully saturated rings. The van der Waals surface area contributed by atoms with E-state index >= 15 is 0 Å². The van der Waals surface area contributed by atoms with Gasteiger partial charge >= 0.3 is 0 Å². The van der Waals surface area contributed by atoms with Gasteiger partial charge in [-0.1, -0.05) is 0 Å². The lowest BCUT2D eigenvalue weighted by Crippen LogP contribution is -1.89. The van der Waals surface area contributed by atoms with Crippen LogP contribution >= 0.6 is 15.9 Å². The lowest BCUT2D eigenvalue weighted by molar-refractivity contribution is 0.474. The quantitative estimate of drug-likeness (QED) is 0.707. The van der Waals surface area contributed by atoms with Crippen LogP contribution in [-0.4, -0.2) is 12.2 Å². The second-order valence-electron chi connectivity index (χ2n) is 2.39. The second kappa shape index (κ2) is 3.13. The van der Waals surface area contributed by atoms with Gasteiger partial charge in [-0.2, -0.15) is 0 Å². The molecule has 0 aliphatic rings. The summed E-state index contributed by atoms with van der Waals surface area (Å²) < 4.78 is 0.724. The van der Waals surface area contributed by atoms with E-state index < -0.39 is 0 Å². The van der Waals surface area contributed by atoms with Gasteiger partial charge in [-0.25, -0.2) is 0 Å². The molecule has 0 radical (unpaired) electrons. The van der Waals surface area contributed by atoms with Crippen molar-refractivity contribution in [2.45, 2.75) is 6.92 Å². The molecule has 0 saturated heterocycles. The first-order valence-corrected chi connectivity index (χ1v) is 4.11. The Balaban J connectivity index is 3.24. The van der Waals surface area contributed by atoms with Crippen molar-refractivity contribution in [1.29, 1.82) is 0 Å². The lowest BCUT2D eigenvalue weighted by Gasteiger charge is -2.06. The predicted molar refractivity (Wildman–Crippen MR) is 50.1 cm³/mol. The van der Waals surface area contributed by atoms with E-state index in [4.69, 9.17) is 0 Å². The minimum Gasteiger partial charge on any atom is -0.505 e. The van der Waals surface area contributed by atoms with Crippen molar-refractivity contribution in [2.24, 2.45) is 0 Å². The van der Waals surface area contributed by atoms with E-state index in [9.17, 15) is 5.11 Å². The molecular weight excluding hydrogens is 206 g/mol. The van der Waals surface area contributed by atoms with Gasteiger partial charge in [0.15, 0.2) is 5.75 Å². The molecule has 0 atom stereocenters. The Kier molecular flexibility index (Phi) is 2.39. The molecule has 0 amide bonds. The van der Waals surface area contributed by atoms with Crippen LogP contribution in [0.25, 0.3) is 0 Å². The topological polar surface area (TPSA) is 32.3 Å². The molecule has 3 heteroatoms. The molecule has 0 spiro atoms. The summed E-state index contributed by atoms with van der Waals surface area (Å²) in [5, 5.41) is 12.3. The molecule has 0 heterocycles. The van der Waals surface area contributed by atoms with Crippen LogP contribution in [0.5, 0.6) is 5.75 Å². The Morgan fingerprint density at radius 3 is 2.64 bits per heavy atom. The summed E-state index contributed by atoms with van der Waals surface area (Å²) in [7, 11) is 1.78. The molecule has 0 aromatic heterocycles. The number of aromatic hydroxyl groups is 1. The minimum atomic E-state index is 0.262. The van der Waals surface area contributed by atoms with Crippen molar-refractivity contribution in [2.75, 3.05) is 12.4 Å². The average Bonchev–Trinajstić information content (AvgIpc) is 1.96. The normalized spacial score (nSPS) is 9.73. The molecule has 2 N–H and O–H groups in total. The Labute approximate surface area is 74.4 Å². The van der Waals surface area contributed by atoms with Gasteiger partial charge < -0.3 is 10.4 Å². The molecule has 1 rings (SSSR count). The van der Waals surface area contributed by atoms with Crippen molar-refractivity contribution in [1.82, 2.24) is 0 Å². The maximum absolute atomic E-state index is 9.41. The minimum absolute atomic E-state index is 0.262. The van der Waals surface area contributed by atoms with E-state index in [-0.39, 0.29) is 5.75 Å². The lowest BCUT2D eigenvalue weighted by atomic mass is 10.2. The highest BCUT2D eigenvalue weighted by Gasteiger charge is 2.03. The van der Waals surface area contributed by atoms with Gasteiger partial charge in [-0.15, -0.1) is 0 Å². The molecule has 0 bridgehead atoms. The number of hydrogen-bond donors (Lipinski definition) is 2. The van der Waals surface area contributed by atoms with E-state index in [1.165, 1.54) is 0 Å². The van der Waals surface area contributed by atoms with E-state index in [2.05, 4.69) is 21.2 Å². The molecular formula is C8H10BrNO. The van der Waals surface area contributed by atoms with Gasteiger partial charge in [-0.3, -0.25) is 0 Å². The summed E-state index contributed by atoms with van der Waals surface area (Å²) in [6.07, 6.45) is 0. The maximum atomic E-state index is 9.41. The summed E-state index contributed by atoms with van der Waals surface area (Å²) in [5.41, 5.74) is 1.86. The fraction of sp³-hybridized carbons (Fsp3) is 0.250. The summed E-state index contributed by atoms with van der Waals surface area (Å²) in [5.74, 6) is 0.262. The average molecular weight is 216 g/mol. The van der Waals surface area contributed by atoms with Gasteiger partial charge in [0.1, 0.15) is 0 Å². The zero-order chi connectivity index (χ0) is 8.43. The van der Waals surface area contributed by atoms with Gasteiger partial charge in [0.25, 0.3) is 0 Å². The monoisotopic (exact) mass is 215 g/mol. The Morgan fingerprint density at radius 1 is 1.45 bits per heavy atom. The molecule has 0 aliphatic heterocycles. The zero-order valence-electron chi connectivity index (χ0n) is 6.48. The van der Waals surface area contributed by atoms with Gasteiger partial charge in [0, 0.05) is 7.05 Å². The molecule has 1 aromatic carbocycles. The summed E-state index contributed by atoms with van der Waals surface area (Å²) in [6, 6.07) is 3.76. The largest absolute Gasteiger partial charge is 0.505 e. The molecule has 60 valence electrons. The molecule has 2 nitrogen and oxygen atoms in total. The van der Waals surface area contributed by atoms with Crippen LogP contribution < -0.4 is 5.32 Å².